The largest absolute Gasteiger partial charge is 0.310 e. The second-order valence-electron chi connectivity index (χ2n) is 4.49. The Kier molecular flexibility index (Phi) is 5.65. The molecule has 1 unspecified atom stereocenters. The van der Waals surface area contributed by atoms with Crippen molar-refractivity contribution in [3.63, 3.8) is 0 Å². The topological polar surface area (TPSA) is 3.24 Å². The molecule has 15 heavy (non-hydrogen) atoms. The van der Waals surface area contributed by atoms with Gasteiger partial charge in [0, 0.05) is 0 Å². The average molecular weight is 221 g/mol. The highest BCUT2D eigenvalue weighted by Crippen LogP contribution is 2.04. The molecule has 0 aliphatic rings. The molecule has 0 N–H and O–H groups in total. The molecule has 0 radical (unpaired) electrons. The second-order valence-corrected chi connectivity index (χ2v) is 7.70. The molecule has 1 aromatic rings. The van der Waals surface area contributed by atoms with E-state index in [0.29, 0.717) is 0 Å². The van der Waals surface area contributed by atoms with E-state index in [0.717, 1.165) is 0 Å². The minimum absolute atomic E-state index is 0.690. The maximum Gasteiger partial charge on any atom is 0.0720 e. The molecule has 0 heterocycles. The van der Waals surface area contributed by atoms with Gasteiger partial charge in [0.05, 0.1) is 8.80 Å². The molecule has 0 amide bonds. The smallest absolute Gasteiger partial charge is 0.0720 e. The summed E-state index contributed by atoms with van der Waals surface area (Å²) in [6.07, 6.45) is 1.33. The first-order valence-corrected chi connectivity index (χ1v) is 8.14. The van der Waals surface area contributed by atoms with Crippen LogP contribution in [-0.2, 0) is 0 Å². The summed E-state index contributed by atoms with van der Waals surface area (Å²) in [4.78, 5) is 2.30. The van der Waals surface area contributed by atoms with Gasteiger partial charge in [0.1, 0.15) is 0 Å². The molecule has 0 spiro atoms. The van der Waals surface area contributed by atoms with Crippen LogP contribution in [-0.4, -0.2) is 34.3 Å². The summed E-state index contributed by atoms with van der Waals surface area (Å²) in [6, 6.07) is 14.0. The normalized spacial score (nSPS) is 13.1. The van der Waals surface area contributed by atoms with E-state index >= 15 is 0 Å². The Balaban J connectivity index is 2.57. The number of rotatable bonds is 6. The Morgan fingerprint density at radius 1 is 1.07 bits per heavy atom. The predicted octanol–water partition coefficient (Wildman–Crippen LogP) is 2.09. The average Bonchev–Trinajstić information content (AvgIpc) is 2.25. The Bertz CT molecular complexity index is 258. The molecule has 1 rings (SSSR count). The Morgan fingerprint density at radius 2 is 1.73 bits per heavy atom. The summed E-state index contributed by atoms with van der Waals surface area (Å²) < 4.78 is 0. The van der Waals surface area contributed by atoms with Crippen LogP contribution >= 0.6 is 0 Å². The van der Waals surface area contributed by atoms with Gasteiger partial charge >= 0.3 is 0 Å². The fourth-order valence-corrected chi connectivity index (χ4v) is 5.21. The highest BCUT2D eigenvalue weighted by molar-refractivity contribution is 6.73. The molecule has 1 nitrogen and oxygen atoms in total. The molecule has 0 aromatic heterocycles. The Hall–Kier alpha value is -0.603. The fourth-order valence-electron chi connectivity index (χ4n) is 1.97. The van der Waals surface area contributed by atoms with Crippen molar-refractivity contribution >= 4 is 14.0 Å². The minimum atomic E-state index is -0.690. The van der Waals surface area contributed by atoms with Crippen LogP contribution in [0.3, 0.4) is 0 Å². The van der Waals surface area contributed by atoms with Crippen LogP contribution in [0.25, 0.3) is 0 Å². The van der Waals surface area contributed by atoms with Gasteiger partial charge < -0.3 is 4.90 Å². The third kappa shape index (κ3) is 4.63. The van der Waals surface area contributed by atoms with Gasteiger partial charge in [0.15, 0.2) is 0 Å². The van der Waals surface area contributed by atoms with Crippen molar-refractivity contribution in [2.24, 2.45) is 0 Å². The fraction of sp³-hybridized carbons (Fsp3) is 0.538. The van der Waals surface area contributed by atoms with Gasteiger partial charge in [0.25, 0.3) is 0 Å². The molecule has 84 valence electrons. The van der Waals surface area contributed by atoms with Crippen molar-refractivity contribution in [2.45, 2.75) is 25.4 Å². The van der Waals surface area contributed by atoms with Crippen LogP contribution in [0, 0.1) is 0 Å². The van der Waals surface area contributed by atoms with E-state index in [4.69, 9.17) is 0 Å². The third-order valence-electron chi connectivity index (χ3n) is 2.83. The number of hydrogen-bond acceptors (Lipinski definition) is 1. The molecule has 1 aromatic carbocycles. The van der Waals surface area contributed by atoms with E-state index < -0.39 is 8.80 Å². The van der Waals surface area contributed by atoms with Crippen molar-refractivity contribution in [3.8, 4) is 0 Å². The van der Waals surface area contributed by atoms with E-state index in [9.17, 15) is 0 Å². The monoisotopic (exact) mass is 221 g/mol. The Morgan fingerprint density at radius 3 is 2.27 bits per heavy atom. The van der Waals surface area contributed by atoms with E-state index in [2.05, 4.69) is 56.3 Å². The van der Waals surface area contributed by atoms with E-state index in [-0.39, 0.29) is 0 Å². The summed E-state index contributed by atoms with van der Waals surface area (Å²) >= 11 is 0. The SMILES string of the molecule is CCC[SiH](CCN(C)C)c1ccccc1. The second kappa shape index (κ2) is 6.80. The summed E-state index contributed by atoms with van der Waals surface area (Å²) in [5.41, 5.74) is 0. The molecule has 1 atom stereocenters. The predicted molar refractivity (Wildman–Crippen MR) is 71.7 cm³/mol. The zero-order valence-electron chi connectivity index (χ0n) is 10.2. The Labute approximate surface area is 95.7 Å². The molecule has 0 saturated heterocycles. The molecule has 0 bridgehead atoms. The van der Waals surface area contributed by atoms with Crippen LogP contribution in [0.15, 0.2) is 30.3 Å². The van der Waals surface area contributed by atoms with Gasteiger partial charge in [-0.3, -0.25) is 0 Å². The summed E-state index contributed by atoms with van der Waals surface area (Å²) in [5.74, 6) is 0. The zero-order chi connectivity index (χ0) is 11.1. The first-order chi connectivity index (χ1) is 7.24. The third-order valence-corrected chi connectivity index (χ3v) is 6.39. The van der Waals surface area contributed by atoms with Crippen molar-refractivity contribution in [3.05, 3.63) is 30.3 Å². The summed E-state index contributed by atoms with van der Waals surface area (Å²) in [7, 11) is 3.65. The minimum Gasteiger partial charge on any atom is -0.310 e. The van der Waals surface area contributed by atoms with Crippen molar-refractivity contribution in [1.29, 1.82) is 0 Å². The van der Waals surface area contributed by atoms with E-state index in [1.54, 1.807) is 5.19 Å². The number of nitrogens with zero attached hydrogens (tertiary/aromatic N) is 1. The molecule has 0 aliphatic carbocycles. The van der Waals surface area contributed by atoms with Gasteiger partial charge in [-0.05, 0) is 26.7 Å². The first kappa shape index (κ1) is 12.5. The van der Waals surface area contributed by atoms with Crippen LogP contribution < -0.4 is 5.19 Å². The van der Waals surface area contributed by atoms with Crippen LogP contribution in [0.5, 0.6) is 0 Å². The van der Waals surface area contributed by atoms with E-state index in [1.165, 1.54) is 25.1 Å². The van der Waals surface area contributed by atoms with Gasteiger partial charge in [-0.1, -0.05) is 54.9 Å². The van der Waals surface area contributed by atoms with Gasteiger partial charge in [-0.2, -0.15) is 0 Å². The molecule has 2 heteroatoms. The van der Waals surface area contributed by atoms with Crippen molar-refractivity contribution in [2.75, 3.05) is 20.6 Å². The lowest BCUT2D eigenvalue weighted by atomic mass is 10.4. The molecule has 0 aliphatic heterocycles. The quantitative estimate of drug-likeness (QED) is 0.665. The van der Waals surface area contributed by atoms with Gasteiger partial charge in [-0.15, -0.1) is 0 Å². The summed E-state index contributed by atoms with van der Waals surface area (Å²) in [6.45, 7) is 3.55. The zero-order valence-corrected chi connectivity index (χ0v) is 11.4. The van der Waals surface area contributed by atoms with Gasteiger partial charge in [-0.25, -0.2) is 0 Å². The highest BCUT2D eigenvalue weighted by atomic mass is 28.3. The molecular weight excluding hydrogens is 198 g/mol. The van der Waals surface area contributed by atoms with Crippen LogP contribution in [0.1, 0.15) is 13.3 Å². The van der Waals surface area contributed by atoms with Crippen molar-refractivity contribution in [1.82, 2.24) is 4.90 Å². The standard InChI is InChI=1S/C13H23NSi/c1-4-11-15(12-10-14(2)3)13-8-6-5-7-9-13/h5-9,15H,4,10-12H2,1-3H3. The maximum absolute atomic E-state index is 2.32. The molecule has 0 fully saturated rings. The van der Waals surface area contributed by atoms with Gasteiger partial charge in [0.2, 0.25) is 0 Å². The first-order valence-electron chi connectivity index (χ1n) is 5.93. The number of hydrogen-bond donors (Lipinski definition) is 0. The van der Waals surface area contributed by atoms with Crippen molar-refractivity contribution < 1.29 is 0 Å². The van der Waals surface area contributed by atoms with Crippen LogP contribution in [0.4, 0.5) is 0 Å². The molecule has 0 saturated carbocycles. The number of benzene rings is 1. The lowest BCUT2D eigenvalue weighted by Crippen LogP contribution is -2.32. The maximum atomic E-state index is 2.32. The molecular formula is C13H23NSi. The lowest BCUT2D eigenvalue weighted by Gasteiger charge is -2.17. The summed E-state index contributed by atoms with van der Waals surface area (Å²) in [5, 5.41) is 1.64. The van der Waals surface area contributed by atoms with Crippen LogP contribution in [0.2, 0.25) is 12.1 Å². The lowest BCUT2D eigenvalue weighted by molar-refractivity contribution is 0.432. The highest BCUT2D eigenvalue weighted by Gasteiger charge is 2.11. The van der Waals surface area contributed by atoms with E-state index in [1.807, 2.05) is 0 Å².